The van der Waals surface area contributed by atoms with Crippen LogP contribution in [0.3, 0.4) is 0 Å². The summed E-state index contributed by atoms with van der Waals surface area (Å²) in [6, 6.07) is 0. The fraction of sp³-hybridized carbons (Fsp3) is 0.818. The summed E-state index contributed by atoms with van der Waals surface area (Å²) >= 11 is 0. The van der Waals surface area contributed by atoms with Crippen molar-refractivity contribution < 1.29 is 8.42 Å². The van der Waals surface area contributed by atoms with Gasteiger partial charge in [-0.2, -0.15) is 4.31 Å². The maximum atomic E-state index is 12.0. The predicted molar refractivity (Wildman–Crippen MR) is 66.9 cm³/mol. The molecule has 1 aliphatic heterocycles. The highest BCUT2D eigenvalue weighted by Gasteiger charge is 2.22. The molecule has 5 heteroatoms. The van der Waals surface area contributed by atoms with E-state index in [1.165, 1.54) is 0 Å². The van der Waals surface area contributed by atoms with Crippen LogP contribution < -0.4 is 5.32 Å². The monoisotopic (exact) mass is 246 g/mol. The van der Waals surface area contributed by atoms with Gasteiger partial charge in [0.25, 0.3) is 0 Å². The van der Waals surface area contributed by atoms with Crippen LogP contribution >= 0.6 is 0 Å². The van der Waals surface area contributed by atoms with Gasteiger partial charge in [0.15, 0.2) is 0 Å². The van der Waals surface area contributed by atoms with Crippen molar-refractivity contribution in [3.63, 3.8) is 0 Å². The number of nitrogens with one attached hydrogen (secondary N) is 1. The maximum absolute atomic E-state index is 12.0. The Kier molecular flexibility index (Phi) is 5.44. The van der Waals surface area contributed by atoms with Crippen molar-refractivity contribution in [2.24, 2.45) is 0 Å². The molecule has 0 amide bonds. The highest BCUT2D eigenvalue weighted by atomic mass is 32.2. The maximum Gasteiger partial charge on any atom is 0.214 e. The van der Waals surface area contributed by atoms with Crippen LogP contribution in [0, 0.1) is 0 Å². The number of sulfonamides is 1. The molecule has 1 aliphatic rings. The zero-order valence-electron chi connectivity index (χ0n) is 10.2. The second-order valence-electron chi connectivity index (χ2n) is 4.20. The second-order valence-corrected chi connectivity index (χ2v) is 6.28. The lowest BCUT2D eigenvalue weighted by Gasteiger charge is -2.25. The van der Waals surface area contributed by atoms with Crippen LogP contribution in [0.1, 0.15) is 26.7 Å². The van der Waals surface area contributed by atoms with E-state index in [2.05, 4.69) is 11.4 Å². The summed E-state index contributed by atoms with van der Waals surface area (Å²) in [5.41, 5.74) is 1.15. The topological polar surface area (TPSA) is 49.4 Å². The zero-order valence-corrected chi connectivity index (χ0v) is 11.0. The molecule has 16 heavy (non-hydrogen) atoms. The Morgan fingerprint density at radius 2 is 2.25 bits per heavy atom. The van der Waals surface area contributed by atoms with E-state index in [4.69, 9.17) is 0 Å². The molecule has 0 bridgehead atoms. The summed E-state index contributed by atoms with van der Waals surface area (Å²) in [5, 5.41) is 3.14. The van der Waals surface area contributed by atoms with Crippen LogP contribution in [0.25, 0.3) is 0 Å². The Labute approximate surface area is 98.8 Å². The first-order chi connectivity index (χ1) is 7.56. The molecular weight excluding hydrogens is 224 g/mol. The summed E-state index contributed by atoms with van der Waals surface area (Å²) in [7, 11) is -3.04. The van der Waals surface area contributed by atoms with Crippen LogP contribution in [0.15, 0.2) is 11.6 Å². The van der Waals surface area contributed by atoms with Gasteiger partial charge >= 0.3 is 0 Å². The van der Waals surface area contributed by atoms with E-state index in [0.29, 0.717) is 19.5 Å². The Morgan fingerprint density at radius 3 is 2.88 bits per heavy atom. The van der Waals surface area contributed by atoms with E-state index in [9.17, 15) is 8.42 Å². The van der Waals surface area contributed by atoms with Gasteiger partial charge in [-0.25, -0.2) is 8.42 Å². The van der Waals surface area contributed by atoms with Crippen LogP contribution in [0.4, 0.5) is 0 Å². The summed E-state index contributed by atoms with van der Waals surface area (Å²) in [6.07, 6.45) is 3.65. The van der Waals surface area contributed by atoms with Gasteiger partial charge in [0.2, 0.25) is 10.0 Å². The molecule has 0 saturated carbocycles. The van der Waals surface area contributed by atoms with Crippen molar-refractivity contribution in [3.05, 3.63) is 11.6 Å². The molecule has 0 aromatic heterocycles. The molecule has 0 fully saturated rings. The zero-order chi connectivity index (χ0) is 12.0. The van der Waals surface area contributed by atoms with Crippen LogP contribution in [-0.4, -0.2) is 44.7 Å². The largest absolute Gasteiger partial charge is 0.317 e. The third-order valence-electron chi connectivity index (χ3n) is 2.70. The Hall–Kier alpha value is -0.390. The Morgan fingerprint density at radius 1 is 1.50 bits per heavy atom. The molecule has 0 radical (unpaired) electrons. The minimum atomic E-state index is -3.04. The first-order valence-electron chi connectivity index (χ1n) is 5.90. The van der Waals surface area contributed by atoms with Crippen molar-refractivity contribution in [1.29, 1.82) is 0 Å². The Bertz CT molecular complexity index is 336. The van der Waals surface area contributed by atoms with Gasteiger partial charge in [0.05, 0.1) is 5.75 Å². The molecule has 0 unspecified atom stereocenters. The highest BCUT2D eigenvalue weighted by Crippen LogP contribution is 2.13. The van der Waals surface area contributed by atoms with E-state index in [0.717, 1.165) is 25.1 Å². The first-order valence-corrected chi connectivity index (χ1v) is 7.51. The minimum Gasteiger partial charge on any atom is -0.317 e. The molecule has 0 atom stereocenters. The quantitative estimate of drug-likeness (QED) is 0.561. The van der Waals surface area contributed by atoms with Gasteiger partial charge in [-0.05, 0) is 32.9 Å². The first kappa shape index (κ1) is 13.7. The fourth-order valence-electron chi connectivity index (χ4n) is 1.80. The van der Waals surface area contributed by atoms with Crippen LogP contribution in [0.2, 0.25) is 0 Å². The second kappa shape index (κ2) is 6.37. The molecule has 0 spiro atoms. The number of hydrogen-bond acceptors (Lipinski definition) is 3. The van der Waals surface area contributed by atoms with Gasteiger partial charge < -0.3 is 5.32 Å². The fourth-order valence-corrected chi connectivity index (χ4v) is 3.35. The molecule has 94 valence electrons. The van der Waals surface area contributed by atoms with Gasteiger partial charge in [0, 0.05) is 13.1 Å². The van der Waals surface area contributed by atoms with Crippen LogP contribution in [0.5, 0.6) is 0 Å². The highest BCUT2D eigenvalue weighted by molar-refractivity contribution is 7.89. The van der Waals surface area contributed by atoms with Crippen molar-refractivity contribution in [3.8, 4) is 0 Å². The summed E-state index contributed by atoms with van der Waals surface area (Å²) < 4.78 is 25.5. The van der Waals surface area contributed by atoms with Crippen LogP contribution in [-0.2, 0) is 10.0 Å². The average Bonchev–Trinajstić information content (AvgIpc) is 2.24. The van der Waals surface area contributed by atoms with E-state index in [1.807, 2.05) is 13.8 Å². The van der Waals surface area contributed by atoms with Gasteiger partial charge in [0.1, 0.15) is 0 Å². The molecule has 1 N–H and O–H groups in total. The summed E-state index contributed by atoms with van der Waals surface area (Å²) in [4.78, 5) is 0. The molecule has 0 aromatic carbocycles. The lowest BCUT2D eigenvalue weighted by molar-refractivity contribution is 0.426. The van der Waals surface area contributed by atoms with E-state index in [1.54, 1.807) is 4.31 Å². The number of nitrogens with zero attached hydrogens (tertiary/aromatic N) is 1. The molecule has 4 nitrogen and oxygen atoms in total. The lowest BCUT2D eigenvalue weighted by Crippen LogP contribution is -2.37. The van der Waals surface area contributed by atoms with Crippen molar-refractivity contribution >= 4 is 10.0 Å². The summed E-state index contributed by atoms with van der Waals surface area (Å²) in [6.45, 7) is 6.89. The van der Waals surface area contributed by atoms with Crippen molar-refractivity contribution in [1.82, 2.24) is 9.62 Å². The third-order valence-corrected chi connectivity index (χ3v) is 4.60. The molecule has 1 rings (SSSR count). The standard InChI is InChI=1S/C11H22N2O2S/c1-3-12-7-5-9-16(14,15)13-8-4-6-11(2)10-13/h6,12H,3-5,7-10H2,1-2H3. The van der Waals surface area contributed by atoms with Gasteiger partial charge in [-0.3, -0.25) is 0 Å². The molecule has 0 aliphatic carbocycles. The smallest absolute Gasteiger partial charge is 0.214 e. The van der Waals surface area contributed by atoms with Gasteiger partial charge in [-0.1, -0.05) is 18.6 Å². The molecule has 1 heterocycles. The predicted octanol–water partition coefficient (Wildman–Crippen LogP) is 0.968. The lowest BCUT2D eigenvalue weighted by atomic mass is 10.2. The van der Waals surface area contributed by atoms with Crippen molar-refractivity contribution in [2.75, 3.05) is 31.9 Å². The summed E-state index contributed by atoms with van der Waals surface area (Å²) in [5.74, 6) is 0.257. The van der Waals surface area contributed by atoms with E-state index in [-0.39, 0.29) is 5.75 Å². The number of hydrogen-bond donors (Lipinski definition) is 1. The SMILES string of the molecule is CCNCCCS(=O)(=O)N1CCC=C(C)C1. The van der Waals surface area contributed by atoms with E-state index < -0.39 is 10.0 Å². The normalized spacial score (nSPS) is 18.5. The molecule has 0 aromatic rings. The molecular formula is C11H22N2O2S. The Balaban J connectivity index is 2.41. The number of rotatable bonds is 6. The van der Waals surface area contributed by atoms with Crippen molar-refractivity contribution in [2.45, 2.75) is 26.7 Å². The van der Waals surface area contributed by atoms with E-state index >= 15 is 0 Å². The average molecular weight is 246 g/mol. The van der Waals surface area contributed by atoms with Gasteiger partial charge in [-0.15, -0.1) is 0 Å². The third kappa shape index (κ3) is 4.23. The minimum absolute atomic E-state index is 0.257. The molecule has 0 saturated heterocycles.